The molecule has 2 heterocycles. The molecule has 8 nitrogen and oxygen atoms in total. The van der Waals surface area contributed by atoms with Crippen LogP contribution < -0.4 is 5.32 Å². The van der Waals surface area contributed by atoms with Crippen molar-refractivity contribution in [2.45, 2.75) is 19.4 Å². The zero-order chi connectivity index (χ0) is 25.7. The van der Waals surface area contributed by atoms with Crippen LogP contribution in [0.2, 0.25) is 5.02 Å². The second-order valence-electron chi connectivity index (χ2n) is 8.86. The number of benzene rings is 2. The van der Waals surface area contributed by atoms with Crippen LogP contribution in [0.25, 0.3) is 0 Å². The second kappa shape index (κ2) is 11.6. The number of hydrogen-bond acceptors (Lipinski definition) is 5. The molecule has 36 heavy (non-hydrogen) atoms. The third kappa shape index (κ3) is 5.71. The summed E-state index contributed by atoms with van der Waals surface area (Å²) in [5, 5.41) is 3.49. The maximum absolute atomic E-state index is 13.2. The van der Waals surface area contributed by atoms with Gasteiger partial charge in [0.15, 0.2) is 0 Å². The topological polar surface area (TPSA) is 82.2 Å². The van der Waals surface area contributed by atoms with Crippen LogP contribution in [0.5, 0.6) is 0 Å². The Labute approximate surface area is 216 Å². The first-order chi connectivity index (χ1) is 17.4. The Hall–Kier alpha value is -3.36. The zero-order valence-corrected chi connectivity index (χ0v) is 21.3. The van der Waals surface area contributed by atoms with Crippen molar-refractivity contribution in [1.82, 2.24) is 20.0 Å². The van der Waals surface area contributed by atoms with E-state index < -0.39 is 12.0 Å². The third-order valence-electron chi connectivity index (χ3n) is 6.55. The summed E-state index contributed by atoms with van der Waals surface area (Å²) in [4.78, 5) is 44.6. The first kappa shape index (κ1) is 25.7. The standard InChI is InChI=1S/C27H31ClN4O4/c1-3-36-26(34)23-22(30(2)27(35)29-24(23)19-10-12-21(28)13-11-19)18-31-14-7-15-32(17-16-31)25(33)20-8-5-4-6-9-20/h4-6,8-13,24H,3,7,14-18H2,1-2H3,(H,29,35). The van der Waals surface area contributed by atoms with E-state index in [1.165, 1.54) is 4.90 Å². The summed E-state index contributed by atoms with van der Waals surface area (Å²) in [6.07, 6.45) is 0.789. The van der Waals surface area contributed by atoms with Crippen LogP contribution in [0, 0.1) is 0 Å². The molecule has 1 saturated heterocycles. The lowest BCUT2D eigenvalue weighted by Gasteiger charge is -2.36. The molecule has 9 heteroatoms. The van der Waals surface area contributed by atoms with E-state index >= 15 is 0 Å². The molecule has 4 rings (SSSR count). The van der Waals surface area contributed by atoms with Crippen molar-refractivity contribution in [3.8, 4) is 0 Å². The Morgan fingerprint density at radius 3 is 2.44 bits per heavy atom. The lowest BCUT2D eigenvalue weighted by Crippen LogP contribution is -2.49. The Bertz CT molecular complexity index is 1140. The van der Waals surface area contributed by atoms with Gasteiger partial charge < -0.3 is 15.0 Å². The first-order valence-electron chi connectivity index (χ1n) is 12.2. The summed E-state index contributed by atoms with van der Waals surface area (Å²) in [6, 6.07) is 15.4. The van der Waals surface area contributed by atoms with Gasteiger partial charge in [-0.2, -0.15) is 0 Å². The van der Waals surface area contributed by atoms with E-state index in [4.69, 9.17) is 16.3 Å². The molecule has 0 aliphatic carbocycles. The number of rotatable bonds is 6. The molecule has 2 aliphatic heterocycles. The predicted octanol–water partition coefficient (Wildman–Crippen LogP) is 3.70. The van der Waals surface area contributed by atoms with Gasteiger partial charge in [-0.3, -0.25) is 14.6 Å². The first-order valence-corrected chi connectivity index (χ1v) is 12.5. The maximum atomic E-state index is 13.2. The van der Waals surface area contributed by atoms with Crippen molar-refractivity contribution in [1.29, 1.82) is 0 Å². The van der Waals surface area contributed by atoms with Crippen LogP contribution in [0.15, 0.2) is 65.9 Å². The lowest BCUT2D eigenvalue weighted by atomic mass is 9.94. The average molecular weight is 511 g/mol. The number of urea groups is 1. The molecule has 0 aromatic heterocycles. The van der Waals surface area contributed by atoms with Crippen molar-refractivity contribution < 1.29 is 19.1 Å². The van der Waals surface area contributed by atoms with E-state index in [2.05, 4.69) is 10.2 Å². The highest BCUT2D eigenvalue weighted by molar-refractivity contribution is 6.30. The SMILES string of the molecule is CCOC(=O)C1=C(CN2CCCN(C(=O)c3ccccc3)CC2)N(C)C(=O)NC1c1ccc(Cl)cc1. The number of nitrogens with zero attached hydrogens (tertiary/aromatic N) is 3. The number of halogens is 1. The van der Waals surface area contributed by atoms with Gasteiger partial charge in [0.05, 0.1) is 18.2 Å². The molecule has 1 unspecified atom stereocenters. The fourth-order valence-electron chi connectivity index (χ4n) is 4.61. The van der Waals surface area contributed by atoms with Gasteiger partial charge in [0.2, 0.25) is 0 Å². The molecule has 2 aromatic rings. The van der Waals surface area contributed by atoms with E-state index in [0.29, 0.717) is 48.0 Å². The van der Waals surface area contributed by atoms with Gasteiger partial charge in [-0.15, -0.1) is 0 Å². The van der Waals surface area contributed by atoms with E-state index in [1.807, 2.05) is 35.2 Å². The number of likely N-dealkylation sites (N-methyl/N-ethyl adjacent to an activating group) is 1. The van der Waals surface area contributed by atoms with E-state index in [0.717, 1.165) is 18.5 Å². The predicted molar refractivity (Wildman–Crippen MR) is 138 cm³/mol. The average Bonchev–Trinajstić information content (AvgIpc) is 3.13. The molecule has 190 valence electrons. The number of ether oxygens (including phenoxy) is 1. The van der Waals surface area contributed by atoms with Gasteiger partial charge in [-0.05, 0) is 43.2 Å². The fourth-order valence-corrected chi connectivity index (χ4v) is 4.74. The zero-order valence-electron chi connectivity index (χ0n) is 20.6. The monoisotopic (exact) mass is 510 g/mol. The minimum absolute atomic E-state index is 0.0147. The van der Waals surface area contributed by atoms with Crippen LogP contribution in [-0.4, -0.2) is 79.0 Å². The van der Waals surface area contributed by atoms with E-state index in [1.54, 1.807) is 38.2 Å². The molecule has 0 saturated carbocycles. The van der Waals surface area contributed by atoms with Crippen LogP contribution in [0.4, 0.5) is 4.79 Å². The molecule has 0 bridgehead atoms. The summed E-state index contributed by atoms with van der Waals surface area (Å²) in [5.41, 5.74) is 2.42. The van der Waals surface area contributed by atoms with E-state index in [9.17, 15) is 14.4 Å². The molecule has 0 spiro atoms. The minimum atomic E-state index is -0.650. The number of amides is 3. The van der Waals surface area contributed by atoms with Crippen molar-refractivity contribution in [3.05, 3.63) is 82.0 Å². The summed E-state index contributed by atoms with van der Waals surface area (Å²) < 4.78 is 5.41. The number of carbonyl (C=O) groups is 3. The van der Waals surface area contributed by atoms with Gasteiger partial charge in [-0.1, -0.05) is 41.9 Å². The van der Waals surface area contributed by atoms with Crippen molar-refractivity contribution in [2.24, 2.45) is 0 Å². The number of hydrogen-bond donors (Lipinski definition) is 1. The van der Waals surface area contributed by atoms with Crippen molar-refractivity contribution in [3.63, 3.8) is 0 Å². The highest BCUT2D eigenvalue weighted by atomic mass is 35.5. The molecule has 1 fully saturated rings. The normalized spacial score (nSPS) is 19.1. The molecule has 1 N–H and O–H groups in total. The molecular weight excluding hydrogens is 480 g/mol. The third-order valence-corrected chi connectivity index (χ3v) is 6.80. The Balaban J connectivity index is 1.59. The molecule has 2 aromatic carbocycles. The number of esters is 1. The summed E-state index contributed by atoms with van der Waals surface area (Å²) in [7, 11) is 1.66. The molecular formula is C27H31ClN4O4. The van der Waals surface area contributed by atoms with Crippen molar-refractivity contribution >= 4 is 29.5 Å². The maximum Gasteiger partial charge on any atom is 0.338 e. The van der Waals surface area contributed by atoms with Gasteiger partial charge in [-0.25, -0.2) is 9.59 Å². The Morgan fingerprint density at radius 2 is 1.75 bits per heavy atom. The van der Waals surface area contributed by atoms with Gasteiger partial charge >= 0.3 is 12.0 Å². The largest absolute Gasteiger partial charge is 0.463 e. The lowest BCUT2D eigenvalue weighted by molar-refractivity contribution is -0.139. The number of nitrogens with one attached hydrogen (secondary N) is 1. The smallest absolute Gasteiger partial charge is 0.338 e. The van der Waals surface area contributed by atoms with Crippen LogP contribution >= 0.6 is 11.6 Å². The second-order valence-corrected chi connectivity index (χ2v) is 9.30. The van der Waals surface area contributed by atoms with Crippen LogP contribution in [0.3, 0.4) is 0 Å². The van der Waals surface area contributed by atoms with Gasteiger partial charge in [0, 0.05) is 56.1 Å². The summed E-state index contributed by atoms with van der Waals surface area (Å²) in [5.74, 6) is -0.448. The summed E-state index contributed by atoms with van der Waals surface area (Å²) in [6.45, 7) is 4.94. The van der Waals surface area contributed by atoms with Crippen LogP contribution in [0.1, 0.15) is 35.3 Å². The Kier molecular flexibility index (Phi) is 8.28. The quantitative estimate of drug-likeness (QED) is 0.599. The highest BCUT2D eigenvalue weighted by Crippen LogP contribution is 2.32. The number of carbonyl (C=O) groups excluding carboxylic acids is 3. The fraction of sp³-hybridized carbons (Fsp3) is 0.370. The summed E-state index contributed by atoms with van der Waals surface area (Å²) >= 11 is 6.06. The van der Waals surface area contributed by atoms with Crippen molar-refractivity contribution in [2.75, 3.05) is 46.4 Å². The van der Waals surface area contributed by atoms with Crippen LogP contribution in [-0.2, 0) is 9.53 Å². The minimum Gasteiger partial charge on any atom is -0.463 e. The highest BCUT2D eigenvalue weighted by Gasteiger charge is 2.37. The Morgan fingerprint density at radius 1 is 1.03 bits per heavy atom. The molecule has 0 radical (unpaired) electrons. The van der Waals surface area contributed by atoms with E-state index in [-0.39, 0.29) is 18.5 Å². The molecule has 1 atom stereocenters. The molecule has 3 amide bonds. The van der Waals surface area contributed by atoms with Gasteiger partial charge in [0.1, 0.15) is 0 Å². The molecule has 2 aliphatic rings. The van der Waals surface area contributed by atoms with Gasteiger partial charge in [0.25, 0.3) is 5.91 Å².